The lowest BCUT2D eigenvalue weighted by atomic mass is 10.1. The Morgan fingerprint density at radius 2 is 1.76 bits per heavy atom. The van der Waals surface area contributed by atoms with Crippen LogP contribution in [0.25, 0.3) is 0 Å². The number of carbonyl (C=O) groups excluding carboxylic acids is 1. The number of methoxy groups -OCH3 is 1. The van der Waals surface area contributed by atoms with Gasteiger partial charge in [-0.2, -0.15) is 0 Å². The number of carbonyl (C=O) groups is 1. The molecule has 0 aliphatic heterocycles. The molecule has 0 bridgehead atoms. The molecule has 0 aromatic heterocycles. The molecular formula is C26H29ClN2O4S. The molecule has 0 radical (unpaired) electrons. The standard InChI is InChI=1S/C26H29ClN2O4S/c1-19-9-13-24(14-10-19)34(31,32)29(25-17-22(27)12-11-20(25)2)18-26(30)28-15-5-7-21-6-4-8-23(16-21)33-3/h4,6,8-14,16-17H,5,7,15,18H2,1-3H3,(H,28,30). The van der Waals surface area contributed by atoms with Crippen LogP contribution >= 0.6 is 11.6 Å². The number of anilines is 1. The van der Waals surface area contributed by atoms with Crippen LogP contribution in [0.3, 0.4) is 0 Å². The van der Waals surface area contributed by atoms with Crippen molar-refractivity contribution < 1.29 is 17.9 Å². The highest BCUT2D eigenvalue weighted by atomic mass is 35.5. The molecule has 0 heterocycles. The van der Waals surface area contributed by atoms with Crippen LogP contribution in [0, 0.1) is 13.8 Å². The number of sulfonamides is 1. The Hall–Kier alpha value is -3.03. The first-order chi connectivity index (χ1) is 16.2. The Bertz CT molecular complexity index is 1240. The summed E-state index contributed by atoms with van der Waals surface area (Å²) in [6.07, 6.45) is 1.47. The van der Waals surface area contributed by atoms with Gasteiger partial charge in [-0.25, -0.2) is 8.42 Å². The zero-order valence-electron chi connectivity index (χ0n) is 19.5. The van der Waals surface area contributed by atoms with Gasteiger partial charge < -0.3 is 10.1 Å². The van der Waals surface area contributed by atoms with Gasteiger partial charge in [0.1, 0.15) is 12.3 Å². The maximum absolute atomic E-state index is 13.5. The lowest BCUT2D eigenvalue weighted by Gasteiger charge is -2.26. The van der Waals surface area contributed by atoms with E-state index in [4.69, 9.17) is 16.3 Å². The summed E-state index contributed by atoms with van der Waals surface area (Å²) in [4.78, 5) is 12.9. The first-order valence-corrected chi connectivity index (χ1v) is 12.8. The van der Waals surface area contributed by atoms with Gasteiger partial charge in [0.15, 0.2) is 0 Å². The van der Waals surface area contributed by atoms with Crippen molar-refractivity contribution in [1.29, 1.82) is 0 Å². The lowest BCUT2D eigenvalue weighted by Crippen LogP contribution is -2.41. The molecule has 1 N–H and O–H groups in total. The highest BCUT2D eigenvalue weighted by molar-refractivity contribution is 7.92. The Labute approximate surface area is 206 Å². The quantitative estimate of drug-likeness (QED) is 0.401. The zero-order valence-corrected chi connectivity index (χ0v) is 21.1. The predicted octanol–water partition coefficient (Wildman–Crippen LogP) is 4.91. The SMILES string of the molecule is COc1cccc(CCCNC(=O)CN(c2cc(Cl)ccc2C)S(=O)(=O)c2ccc(C)cc2)c1. The number of hydrogen-bond acceptors (Lipinski definition) is 4. The number of benzene rings is 3. The third-order valence-corrected chi connectivity index (χ3v) is 7.44. The average molecular weight is 501 g/mol. The minimum absolute atomic E-state index is 0.114. The molecule has 180 valence electrons. The number of aryl methyl sites for hydroxylation is 3. The maximum atomic E-state index is 13.5. The van der Waals surface area contributed by atoms with Crippen molar-refractivity contribution in [2.75, 3.05) is 24.5 Å². The van der Waals surface area contributed by atoms with Crippen molar-refractivity contribution in [3.05, 3.63) is 88.4 Å². The molecule has 0 unspecified atom stereocenters. The van der Waals surface area contributed by atoms with E-state index in [2.05, 4.69) is 5.32 Å². The number of nitrogens with zero attached hydrogens (tertiary/aromatic N) is 1. The van der Waals surface area contributed by atoms with E-state index in [0.717, 1.165) is 27.6 Å². The van der Waals surface area contributed by atoms with Crippen LogP contribution < -0.4 is 14.4 Å². The van der Waals surface area contributed by atoms with Gasteiger partial charge in [0.25, 0.3) is 10.0 Å². The summed E-state index contributed by atoms with van der Waals surface area (Å²) in [6.45, 7) is 3.74. The minimum Gasteiger partial charge on any atom is -0.497 e. The van der Waals surface area contributed by atoms with Crippen LogP contribution in [0.1, 0.15) is 23.1 Å². The number of rotatable bonds is 10. The highest BCUT2D eigenvalue weighted by Crippen LogP contribution is 2.29. The van der Waals surface area contributed by atoms with Crippen LogP contribution in [0.2, 0.25) is 5.02 Å². The molecule has 6 nitrogen and oxygen atoms in total. The van der Waals surface area contributed by atoms with E-state index in [1.54, 1.807) is 56.5 Å². The van der Waals surface area contributed by atoms with Gasteiger partial charge in [-0.3, -0.25) is 9.10 Å². The van der Waals surface area contributed by atoms with Gasteiger partial charge in [-0.1, -0.05) is 47.5 Å². The fraction of sp³-hybridized carbons (Fsp3) is 0.269. The topological polar surface area (TPSA) is 75.7 Å². The van der Waals surface area contributed by atoms with E-state index >= 15 is 0 Å². The molecule has 8 heteroatoms. The van der Waals surface area contributed by atoms with E-state index < -0.39 is 10.0 Å². The smallest absolute Gasteiger partial charge is 0.264 e. The monoisotopic (exact) mass is 500 g/mol. The van der Waals surface area contributed by atoms with Gasteiger partial charge in [-0.15, -0.1) is 0 Å². The van der Waals surface area contributed by atoms with E-state index in [0.29, 0.717) is 29.2 Å². The average Bonchev–Trinajstić information content (AvgIpc) is 2.82. The Balaban J connectivity index is 1.74. The Morgan fingerprint density at radius 1 is 1.03 bits per heavy atom. The van der Waals surface area contributed by atoms with Crippen molar-refractivity contribution >= 4 is 33.2 Å². The first kappa shape index (κ1) is 25.6. The van der Waals surface area contributed by atoms with Gasteiger partial charge in [0, 0.05) is 11.6 Å². The van der Waals surface area contributed by atoms with Crippen molar-refractivity contribution in [2.45, 2.75) is 31.6 Å². The van der Waals surface area contributed by atoms with E-state index in [9.17, 15) is 13.2 Å². The molecule has 0 spiro atoms. The summed E-state index contributed by atoms with van der Waals surface area (Å²) in [6, 6.07) is 19.3. The van der Waals surface area contributed by atoms with Crippen LogP contribution in [0.5, 0.6) is 5.75 Å². The maximum Gasteiger partial charge on any atom is 0.264 e. The first-order valence-electron chi connectivity index (χ1n) is 11.0. The lowest BCUT2D eigenvalue weighted by molar-refractivity contribution is -0.119. The molecule has 34 heavy (non-hydrogen) atoms. The molecule has 0 saturated heterocycles. The van der Waals surface area contributed by atoms with Crippen LogP contribution in [0.15, 0.2) is 71.6 Å². The summed E-state index contributed by atoms with van der Waals surface area (Å²) in [5.41, 5.74) is 3.12. The second-order valence-corrected chi connectivity index (χ2v) is 10.4. The van der Waals surface area contributed by atoms with Gasteiger partial charge >= 0.3 is 0 Å². The van der Waals surface area contributed by atoms with Gasteiger partial charge in [-0.05, 0) is 74.2 Å². The van der Waals surface area contributed by atoms with Crippen LogP contribution in [-0.2, 0) is 21.2 Å². The van der Waals surface area contributed by atoms with Crippen molar-refractivity contribution in [2.24, 2.45) is 0 Å². The Kier molecular flexibility index (Phi) is 8.58. The molecule has 3 aromatic carbocycles. The van der Waals surface area contributed by atoms with Gasteiger partial charge in [0.05, 0.1) is 17.7 Å². The third kappa shape index (κ3) is 6.52. The largest absolute Gasteiger partial charge is 0.497 e. The van der Waals surface area contributed by atoms with E-state index in [-0.39, 0.29) is 17.3 Å². The third-order valence-electron chi connectivity index (χ3n) is 5.43. The minimum atomic E-state index is -3.99. The molecule has 0 atom stereocenters. The summed E-state index contributed by atoms with van der Waals surface area (Å²) < 4.78 is 33.4. The zero-order chi connectivity index (χ0) is 24.7. The second kappa shape index (κ2) is 11.4. The highest BCUT2D eigenvalue weighted by Gasteiger charge is 2.28. The van der Waals surface area contributed by atoms with Crippen LogP contribution in [0.4, 0.5) is 5.69 Å². The molecule has 0 aliphatic carbocycles. The summed E-state index contributed by atoms with van der Waals surface area (Å²) in [7, 11) is -2.36. The van der Waals surface area contributed by atoms with Crippen LogP contribution in [-0.4, -0.2) is 34.5 Å². The summed E-state index contributed by atoms with van der Waals surface area (Å²) in [5, 5.41) is 3.23. The molecule has 3 aromatic rings. The summed E-state index contributed by atoms with van der Waals surface area (Å²) in [5.74, 6) is 0.399. The molecule has 1 amide bonds. The second-order valence-electron chi connectivity index (χ2n) is 8.06. The van der Waals surface area contributed by atoms with E-state index in [1.807, 2.05) is 31.2 Å². The van der Waals surface area contributed by atoms with E-state index in [1.165, 1.54) is 0 Å². The van der Waals surface area contributed by atoms with Gasteiger partial charge in [0.2, 0.25) is 5.91 Å². The predicted molar refractivity (Wildman–Crippen MR) is 136 cm³/mol. The molecule has 3 rings (SSSR count). The fourth-order valence-corrected chi connectivity index (χ4v) is 5.17. The normalized spacial score (nSPS) is 11.2. The van der Waals surface area contributed by atoms with Crippen molar-refractivity contribution in [3.8, 4) is 5.75 Å². The fourth-order valence-electron chi connectivity index (χ4n) is 3.52. The number of ether oxygens (including phenoxy) is 1. The van der Waals surface area contributed by atoms with Crippen molar-refractivity contribution in [3.63, 3.8) is 0 Å². The van der Waals surface area contributed by atoms with Crippen molar-refractivity contribution in [1.82, 2.24) is 5.32 Å². The number of nitrogens with one attached hydrogen (secondary N) is 1. The molecule has 0 fully saturated rings. The summed E-state index contributed by atoms with van der Waals surface area (Å²) >= 11 is 6.17. The number of amides is 1. The molecule has 0 aliphatic rings. The Morgan fingerprint density at radius 3 is 2.47 bits per heavy atom. The number of hydrogen-bond donors (Lipinski definition) is 1. The molecular weight excluding hydrogens is 472 g/mol. The number of halogens is 1. The molecule has 0 saturated carbocycles.